The first-order chi connectivity index (χ1) is 9.09. The second-order valence-corrected chi connectivity index (χ2v) is 4.19. The Hall–Kier alpha value is -2.49. The molecule has 0 saturated carbocycles. The van der Waals surface area contributed by atoms with Crippen LogP contribution in [0.2, 0.25) is 0 Å². The van der Waals surface area contributed by atoms with Gasteiger partial charge in [0.2, 0.25) is 0 Å². The molecular formula is C15H14N2O2. The normalized spacial score (nSPS) is 12.7. The Morgan fingerprint density at radius 3 is 2.42 bits per heavy atom. The van der Waals surface area contributed by atoms with Crippen LogP contribution in [-0.2, 0) is 4.79 Å². The summed E-state index contributed by atoms with van der Waals surface area (Å²) in [5.41, 5.74) is 0.644. The summed E-state index contributed by atoms with van der Waals surface area (Å²) in [5.74, 6) is -0.444. The average molecular weight is 254 g/mol. The average Bonchev–Trinajstić information content (AvgIpc) is 2.38. The Bertz CT molecular complexity index is 678. The summed E-state index contributed by atoms with van der Waals surface area (Å²) in [6, 6.07) is 13.5. The molecule has 2 aromatic carbocycles. The Labute approximate surface area is 111 Å². The van der Waals surface area contributed by atoms with Crippen LogP contribution < -0.4 is 0 Å². The lowest BCUT2D eigenvalue weighted by Gasteiger charge is -2.01. The van der Waals surface area contributed by atoms with E-state index in [-0.39, 0.29) is 17.2 Å². The van der Waals surface area contributed by atoms with E-state index >= 15 is 0 Å². The number of aliphatic hydroxyl groups is 1. The van der Waals surface area contributed by atoms with Crippen molar-refractivity contribution in [3.63, 3.8) is 0 Å². The van der Waals surface area contributed by atoms with E-state index in [9.17, 15) is 9.90 Å². The van der Waals surface area contributed by atoms with Crippen molar-refractivity contribution < 1.29 is 9.90 Å². The Kier molecular flexibility index (Phi) is 3.71. The number of fused-ring (bicyclic) bond motifs is 1. The highest BCUT2D eigenvalue weighted by atomic mass is 16.3. The number of Topliss-reactive ketones (excluding diaryl/α,β-unsaturated/α-hetero) is 1. The van der Waals surface area contributed by atoms with Gasteiger partial charge in [0, 0.05) is 12.3 Å². The summed E-state index contributed by atoms with van der Waals surface area (Å²) in [7, 11) is 0. The first-order valence-electron chi connectivity index (χ1n) is 5.90. The number of benzene rings is 2. The van der Waals surface area contributed by atoms with E-state index in [4.69, 9.17) is 0 Å². The van der Waals surface area contributed by atoms with Crippen LogP contribution in [0.1, 0.15) is 13.8 Å². The van der Waals surface area contributed by atoms with Gasteiger partial charge in [-0.2, -0.15) is 0 Å². The summed E-state index contributed by atoms with van der Waals surface area (Å²) in [5, 5.41) is 19.3. The van der Waals surface area contributed by atoms with Gasteiger partial charge in [-0.1, -0.05) is 36.4 Å². The van der Waals surface area contributed by atoms with Crippen molar-refractivity contribution >= 4 is 22.2 Å². The summed E-state index contributed by atoms with van der Waals surface area (Å²) in [6.45, 7) is 2.76. The lowest BCUT2D eigenvalue weighted by molar-refractivity contribution is -0.113. The molecule has 2 aromatic rings. The van der Waals surface area contributed by atoms with Crippen molar-refractivity contribution in [1.29, 1.82) is 0 Å². The number of rotatable bonds is 3. The molecule has 0 spiro atoms. The highest BCUT2D eigenvalue weighted by Crippen LogP contribution is 2.26. The van der Waals surface area contributed by atoms with Crippen molar-refractivity contribution in [3.8, 4) is 0 Å². The standard InChI is InChI=1S/C15H14N2O2/c1-10(18)15(11(2)19)17-16-14-9-5-7-12-6-3-4-8-13(12)14/h3-9,18H,1-2H3/b15-10+,17-16?. The smallest absolute Gasteiger partial charge is 0.183 e. The van der Waals surface area contributed by atoms with E-state index in [2.05, 4.69) is 10.2 Å². The van der Waals surface area contributed by atoms with Crippen LogP contribution in [-0.4, -0.2) is 10.9 Å². The lowest BCUT2D eigenvalue weighted by atomic mass is 10.1. The summed E-state index contributed by atoms with van der Waals surface area (Å²) >= 11 is 0. The van der Waals surface area contributed by atoms with Crippen LogP contribution in [0.3, 0.4) is 0 Å². The minimum absolute atomic E-state index is 0.0204. The van der Waals surface area contributed by atoms with Crippen molar-refractivity contribution in [2.75, 3.05) is 0 Å². The number of carbonyl (C=O) groups excluding carboxylic acids is 1. The molecule has 0 amide bonds. The fourth-order valence-corrected chi connectivity index (χ4v) is 1.80. The van der Waals surface area contributed by atoms with Gasteiger partial charge in [0.1, 0.15) is 5.76 Å². The molecular weight excluding hydrogens is 240 g/mol. The third-order valence-corrected chi connectivity index (χ3v) is 2.70. The van der Waals surface area contributed by atoms with E-state index in [1.54, 1.807) is 0 Å². The molecule has 0 aromatic heterocycles. The van der Waals surface area contributed by atoms with Gasteiger partial charge in [-0.3, -0.25) is 4.79 Å². The Balaban J connectivity index is 2.47. The van der Waals surface area contributed by atoms with Crippen LogP contribution in [0.5, 0.6) is 0 Å². The third kappa shape index (κ3) is 2.85. The van der Waals surface area contributed by atoms with Crippen molar-refractivity contribution in [1.82, 2.24) is 0 Å². The zero-order valence-corrected chi connectivity index (χ0v) is 10.8. The van der Waals surface area contributed by atoms with Crippen LogP contribution in [0.15, 0.2) is 64.1 Å². The molecule has 0 unspecified atom stereocenters. The monoisotopic (exact) mass is 254 g/mol. The minimum atomic E-state index is -0.316. The molecule has 0 heterocycles. The van der Waals surface area contributed by atoms with E-state index in [1.165, 1.54) is 13.8 Å². The second kappa shape index (κ2) is 5.44. The van der Waals surface area contributed by atoms with Gasteiger partial charge in [0.25, 0.3) is 0 Å². The quantitative estimate of drug-likeness (QED) is 0.504. The number of nitrogens with zero attached hydrogens (tertiary/aromatic N) is 2. The van der Waals surface area contributed by atoms with Crippen molar-refractivity contribution in [2.24, 2.45) is 10.2 Å². The Morgan fingerprint density at radius 1 is 1.05 bits per heavy atom. The maximum Gasteiger partial charge on any atom is 0.183 e. The van der Waals surface area contributed by atoms with Crippen LogP contribution in [0, 0.1) is 0 Å². The topological polar surface area (TPSA) is 62.0 Å². The van der Waals surface area contributed by atoms with Crippen molar-refractivity contribution in [3.05, 3.63) is 53.9 Å². The van der Waals surface area contributed by atoms with Crippen LogP contribution in [0.4, 0.5) is 5.69 Å². The van der Waals surface area contributed by atoms with Gasteiger partial charge in [-0.15, -0.1) is 10.2 Å². The number of azo groups is 1. The zero-order chi connectivity index (χ0) is 13.8. The van der Waals surface area contributed by atoms with Crippen LogP contribution >= 0.6 is 0 Å². The molecule has 4 heteroatoms. The molecule has 4 nitrogen and oxygen atoms in total. The van der Waals surface area contributed by atoms with E-state index in [1.807, 2.05) is 42.5 Å². The molecule has 19 heavy (non-hydrogen) atoms. The molecule has 0 aliphatic rings. The van der Waals surface area contributed by atoms with Gasteiger partial charge >= 0.3 is 0 Å². The molecule has 0 bridgehead atoms. The Morgan fingerprint density at radius 2 is 1.74 bits per heavy atom. The van der Waals surface area contributed by atoms with Gasteiger partial charge in [0.15, 0.2) is 11.5 Å². The number of aliphatic hydroxyl groups excluding tert-OH is 1. The largest absolute Gasteiger partial charge is 0.510 e. The molecule has 96 valence electrons. The first-order valence-corrected chi connectivity index (χ1v) is 5.90. The molecule has 0 aliphatic heterocycles. The molecule has 0 aliphatic carbocycles. The molecule has 2 rings (SSSR count). The molecule has 1 N–H and O–H groups in total. The highest BCUT2D eigenvalue weighted by molar-refractivity contribution is 5.94. The van der Waals surface area contributed by atoms with Gasteiger partial charge < -0.3 is 5.11 Å². The minimum Gasteiger partial charge on any atom is -0.510 e. The first kappa shape index (κ1) is 13.0. The van der Waals surface area contributed by atoms with Gasteiger partial charge in [-0.05, 0) is 18.4 Å². The summed E-state index contributed by atoms with van der Waals surface area (Å²) < 4.78 is 0. The predicted molar refractivity (Wildman–Crippen MR) is 74.5 cm³/mol. The maximum absolute atomic E-state index is 11.3. The third-order valence-electron chi connectivity index (χ3n) is 2.70. The van der Waals surface area contributed by atoms with Crippen LogP contribution in [0.25, 0.3) is 10.8 Å². The number of carbonyl (C=O) groups is 1. The fourth-order valence-electron chi connectivity index (χ4n) is 1.80. The van der Waals surface area contributed by atoms with E-state index in [0.717, 1.165) is 10.8 Å². The predicted octanol–water partition coefficient (Wildman–Crippen LogP) is 4.30. The molecule has 0 radical (unpaired) electrons. The lowest BCUT2D eigenvalue weighted by Crippen LogP contribution is -1.96. The van der Waals surface area contributed by atoms with E-state index in [0.29, 0.717) is 5.69 Å². The number of hydrogen-bond acceptors (Lipinski definition) is 4. The summed E-state index contributed by atoms with van der Waals surface area (Å²) in [6.07, 6.45) is 0. The number of allylic oxidation sites excluding steroid dienone is 2. The SMILES string of the molecule is CC(=O)/C(N=Nc1cccc2ccccc12)=C(/C)O. The second-order valence-electron chi connectivity index (χ2n) is 4.19. The fraction of sp³-hybridized carbons (Fsp3) is 0.133. The van der Waals surface area contributed by atoms with Crippen molar-refractivity contribution in [2.45, 2.75) is 13.8 Å². The molecule has 0 saturated heterocycles. The number of hydrogen-bond donors (Lipinski definition) is 1. The molecule has 0 atom stereocenters. The number of ketones is 1. The zero-order valence-electron chi connectivity index (χ0n) is 10.8. The summed E-state index contributed by atoms with van der Waals surface area (Å²) in [4.78, 5) is 11.3. The van der Waals surface area contributed by atoms with E-state index < -0.39 is 0 Å². The maximum atomic E-state index is 11.3. The molecule has 0 fully saturated rings. The highest BCUT2D eigenvalue weighted by Gasteiger charge is 2.07. The van der Waals surface area contributed by atoms with Gasteiger partial charge in [-0.25, -0.2) is 0 Å². The van der Waals surface area contributed by atoms with Gasteiger partial charge in [0.05, 0.1) is 5.69 Å².